The number of hydrogen-bond donors (Lipinski definition) is 3. The lowest BCUT2D eigenvalue weighted by atomic mass is 9.82. The second kappa shape index (κ2) is 14.7. The Balaban J connectivity index is 1.53. The average molecular weight is 679 g/mol. The van der Waals surface area contributed by atoms with Crippen molar-refractivity contribution in [2.45, 2.75) is 31.0 Å². The van der Waals surface area contributed by atoms with Gasteiger partial charge in [-0.3, -0.25) is 10.2 Å². The van der Waals surface area contributed by atoms with Crippen molar-refractivity contribution in [3.8, 4) is 11.5 Å². The van der Waals surface area contributed by atoms with Crippen LogP contribution in [-0.4, -0.2) is 42.8 Å². The molecule has 4 aromatic rings. The molecule has 0 aromatic heterocycles. The second-order valence-electron chi connectivity index (χ2n) is 10.3. The van der Waals surface area contributed by atoms with Crippen LogP contribution in [0.4, 0.5) is 0 Å². The molecule has 5 rings (SSSR count). The first-order valence-electron chi connectivity index (χ1n) is 14.2. The minimum absolute atomic E-state index is 0.0597. The van der Waals surface area contributed by atoms with Gasteiger partial charge in [0, 0.05) is 41.1 Å². The van der Waals surface area contributed by atoms with E-state index in [0.29, 0.717) is 47.6 Å². The number of benzene rings is 4. The number of aliphatic hydroxyl groups excluding tert-OH is 1. The molecule has 228 valence electrons. The highest BCUT2D eigenvalue weighted by Gasteiger charge is 2.53. The fraction of sp³-hybridized carbons (Fsp3) is 0.235. The van der Waals surface area contributed by atoms with Gasteiger partial charge < -0.3 is 19.3 Å². The number of aliphatic imine (C=N–C) groups is 1. The fourth-order valence-corrected chi connectivity index (χ4v) is 5.44. The molecule has 0 radical (unpaired) electrons. The summed E-state index contributed by atoms with van der Waals surface area (Å²) in [5, 5.41) is 9.65. The molecule has 10 heteroatoms. The average Bonchev–Trinajstić information content (AvgIpc) is 3.44. The van der Waals surface area contributed by atoms with Crippen molar-refractivity contribution in [1.29, 1.82) is 0 Å². The highest BCUT2D eigenvalue weighted by atomic mass is 79.9. The third-order valence-electron chi connectivity index (χ3n) is 7.25. The molecule has 0 saturated carbocycles. The van der Waals surface area contributed by atoms with Gasteiger partial charge in [0.2, 0.25) is 5.90 Å². The molecule has 1 amide bonds. The van der Waals surface area contributed by atoms with Crippen molar-refractivity contribution in [3.63, 3.8) is 0 Å². The molecule has 44 heavy (non-hydrogen) atoms. The molecule has 1 aliphatic heterocycles. The van der Waals surface area contributed by atoms with E-state index in [2.05, 4.69) is 26.8 Å². The van der Waals surface area contributed by atoms with E-state index >= 15 is 0 Å². The summed E-state index contributed by atoms with van der Waals surface area (Å²) >= 11 is 9.85. The Morgan fingerprint density at radius 1 is 1.02 bits per heavy atom. The maximum absolute atomic E-state index is 14.4. The number of aliphatic hydroxyl groups is 1. The van der Waals surface area contributed by atoms with Gasteiger partial charge in [-0.25, -0.2) is 10.4 Å². The number of hydrogen-bond acceptors (Lipinski definition) is 7. The summed E-state index contributed by atoms with van der Waals surface area (Å²) in [6.07, 6.45) is 0.0184. The molecule has 0 fully saturated rings. The van der Waals surface area contributed by atoms with Crippen LogP contribution in [0.2, 0.25) is 5.02 Å². The van der Waals surface area contributed by atoms with Gasteiger partial charge in [-0.2, -0.15) is 0 Å². The van der Waals surface area contributed by atoms with Crippen LogP contribution < -0.4 is 20.3 Å². The largest absolute Gasteiger partial charge is 0.497 e. The van der Waals surface area contributed by atoms with Crippen LogP contribution in [0.3, 0.4) is 0 Å². The summed E-state index contributed by atoms with van der Waals surface area (Å²) in [6, 6.07) is 30.1. The molecule has 2 atom stereocenters. The number of halogens is 2. The molecule has 1 aliphatic rings. The number of ether oxygens (including phenoxy) is 3. The fourth-order valence-electron chi connectivity index (χ4n) is 4.97. The summed E-state index contributed by atoms with van der Waals surface area (Å²) in [5.41, 5.74) is 7.74. The van der Waals surface area contributed by atoms with Crippen molar-refractivity contribution in [2.24, 2.45) is 4.99 Å². The van der Waals surface area contributed by atoms with E-state index < -0.39 is 11.6 Å². The zero-order valence-electron chi connectivity index (χ0n) is 24.1. The van der Waals surface area contributed by atoms with E-state index in [0.717, 1.165) is 21.2 Å². The smallest absolute Gasteiger partial charge is 0.266 e. The Bertz CT molecular complexity index is 1600. The maximum Gasteiger partial charge on any atom is 0.266 e. The quantitative estimate of drug-likeness (QED) is 0.115. The number of rotatable bonds is 13. The molecule has 3 N–H and O–H groups in total. The van der Waals surface area contributed by atoms with Crippen LogP contribution in [0.25, 0.3) is 0 Å². The van der Waals surface area contributed by atoms with Crippen LogP contribution in [0, 0.1) is 0 Å². The lowest BCUT2D eigenvalue weighted by Gasteiger charge is -2.31. The molecule has 0 saturated heterocycles. The summed E-state index contributed by atoms with van der Waals surface area (Å²) in [5.74, 6) is 1.27. The topological polar surface area (TPSA) is 101 Å². The van der Waals surface area contributed by atoms with E-state index in [-0.39, 0.29) is 18.9 Å². The lowest BCUT2D eigenvalue weighted by molar-refractivity contribution is -0.130. The highest BCUT2D eigenvalue weighted by Crippen LogP contribution is 2.43. The standard InChI is InChI=1S/C34H33BrClN3O5/c1-42-29-8-4-7-25(20-29)31-34(21-23-10-14-27(35)15-11-23,33(41)39-37-22-26-6-2-3-9-30(26)36)38-32(44-31)24-12-16-28(17-13-24)43-19-5-18-40/h2-4,6-17,20,31,37,40H,5,18-19,21-22H2,1H3,(H,39,41)/t31-,34-/m0/s1. The Morgan fingerprint density at radius 2 is 1.80 bits per heavy atom. The third-order valence-corrected chi connectivity index (χ3v) is 8.15. The van der Waals surface area contributed by atoms with E-state index in [9.17, 15) is 4.79 Å². The van der Waals surface area contributed by atoms with Gasteiger partial charge in [0.05, 0.1) is 13.7 Å². The molecule has 4 aromatic carbocycles. The SMILES string of the molecule is COc1cccc([C@@H]2OC(c3ccc(OCCCO)cc3)=N[C@]2(Cc2ccc(Br)cc2)C(=O)NNCc2ccccc2Cl)c1. The summed E-state index contributed by atoms with van der Waals surface area (Å²) in [4.78, 5) is 19.4. The zero-order valence-corrected chi connectivity index (χ0v) is 26.5. The van der Waals surface area contributed by atoms with E-state index in [1.165, 1.54) is 0 Å². The first kappa shape index (κ1) is 31.5. The minimum Gasteiger partial charge on any atom is -0.497 e. The van der Waals surface area contributed by atoms with Crippen molar-refractivity contribution >= 4 is 39.3 Å². The van der Waals surface area contributed by atoms with Crippen molar-refractivity contribution in [1.82, 2.24) is 10.9 Å². The second-order valence-corrected chi connectivity index (χ2v) is 11.6. The van der Waals surface area contributed by atoms with Gasteiger partial charge in [-0.05, 0) is 71.3 Å². The van der Waals surface area contributed by atoms with E-state index in [4.69, 9.17) is 35.9 Å². The number of amides is 1. The molecule has 0 bridgehead atoms. The molecular formula is C34H33BrClN3O5. The molecule has 0 aliphatic carbocycles. The maximum atomic E-state index is 14.4. The predicted octanol–water partition coefficient (Wildman–Crippen LogP) is 6.19. The number of methoxy groups -OCH3 is 1. The monoisotopic (exact) mass is 677 g/mol. The Morgan fingerprint density at radius 3 is 2.52 bits per heavy atom. The molecule has 8 nitrogen and oxygen atoms in total. The summed E-state index contributed by atoms with van der Waals surface area (Å²) in [7, 11) is 1.60. The number of hydrazine groups is 1. The van der Waals surface area contributed by atoms with Crippen molar-refractivity contribution in [3.05, 3.63) is 129 Å². The molecular weight excluding hydrogens is 646 g/mol. The van der Waals surface area contributed by atoms with Crippen LogP contribution >= 0.6 is 27.5 Å². The van der Waals surface area contributed by atoms with Crippen LogP contribution in [0.5, 0.6) is 11.5 Å². The highest BCUT2D eigenvalue weighted by molar-refractivity contribution is 9.10. The first-order valence-corrected chi connectivity index (χ1v) is 15.3. The van der Waals surface area contributed by atoms with E-state index in [1.807, 2.05) is 91.0 Å². The van der Waals surface area contributed by atoms with Crippen LogP contribution in [-0.2, 0) is 22.5 Å². The van der Waals surface area contributed by atoms with Gasteiger partial charge in [0.1, 0.15) is 11.5 Å². The first-order chi connectivity index (χ1) is 21.4. The Hall–Kier alpha value is -3.89. The van der Waals surface area contributed by atoms with E-state index in [1.54, 1.807) is 13.2 Å². The van der Waals surface area contributed by atoms with Crippen LogP contribution in [0.15, 0.2) is 107 Å². The number of nitrogens with zero attached hydrogens (tertiary/aromatic N) is 1. The molecule has 0 spiro atoms. The van der Waals surface area contributed by atoms with Gasteiger partial charge in [0.25, 0.3) is 5.91 Å². The predicted molar refractivity (Wildman–Crippen MR) is 174 cm³/mol. The van der Waals surface area contributed by atoms with Crippen molar-refractivity contribution < 1.29 is 24.1 Å². The number of nitrogens with one attached hydrogen (secondary N) is 2. The lowest BCUT2D eigenvalue weighted by Crippen LogP contribution is -2.53. The number of carbonyl (C=O) groups excluding carboxylic acids is 1. The zero-order chi connectivity index (χ0) is 30.9. The normalized spacial score (nSPS) is 17.5. The van der Waals surface area contributed by atoms with Crippen molar-refractivity contribution in [2.75, 3.05) is 20.3 Å². The summed E-state index contributed by atoms with van der Waals surface area (Å²) in [6.45, 7) is 0.784. The molecule has 0 unspecified atom stereocenters. The van der Waals surface area contributed by atoms with Gasteiger partial charge in [-0.15, -0.1) is 0 Å². The molecule has 1 heterocycles. The minimum atomic E-state index is -1.39. The third kappa shape index (κ3) is 7.42. The van der Waals surface area contributed by atoms with Gasteiger partial charge in [-0.1, -0.05) is 70.0 Å². The van der Waals surface area contributed by atoms with Crippen LogP contribution in [0.1, 0.15) is 34.8 Å². The number of carbonyl (C=O) groups is 1. The summed E-state index contributed by atoms with van der Waals surface area (Å²) < 4.78 is 18.7. The van der Waals surface area contributed by atoms with Gasteiger partial charge in [0.15, 0.2) is 11.6 Å². The van der Waals surface area contributed by atoms with Gasteiger partial charge >= 0.3 is 0 Å². The Labute approximate surface area is 270 Å². The Kier molecular flexibility index (Phi) is 10.6.